The normalized spacial score (nSPS) is 30.6. The van der Waals surface area contributed by atoms with E-state index in [9.17, 15) is 4.79 Å². The first-order valence-corrected chi connectivity index (χ1v) is 12.6. The number of hydrogen-bond donors (Lipinski definition) is 0. The van der Waals surface area contributed by atoms with Crippen molar-refractivity contribution in [1.29, 1.82) is 0 Å². The third-order valence-corrected chi connectivity index (χ3v) is 9.27. The zero-order valence-corrected chi connectivity index (χ0v) is 21.2. The lowest BCUT2D eigenvalue weighted by molar-refractivity contribution is -0.132. The van der Waals surface area contributed by atoms with E-state index in [2.05, 4.69) is 45.7 Å². The Hall–Kier alpha value is -2.01. The fourth-order valence-corrected chi connectivity index (χ4v) is 6.82. The fraction of sp³-hybridized carbons (Fsp3) is 0.679. The van der Waals surface area contributed by atoms with Crippen LogP contribution < -0.4 is 14.2 Å². The summed E-state index contributed by atoms with van der Waals surface area (Å²) in [6, 6.07) is 2.08. The lowest BCUT2D eigenvalue weighted by atomic mass is 9.56. The van der Waals surface area contributed by atoms with Gasteiger partial charge in [0.25, 0.3) is 0 Å². The molecule has 0 amide bonds. The number of likely N-dealkylation sites (N-methyl/N-ethyl adjacent to an activating group) is 1. The van der Waals surface area contributed by atoms with Gasteiger partial charge in [0.1, 0.15) is 5.78 Å². The maximum atomic E-state index is 14.1. The minimum Gasteiger partial charge on any atom is -0.492 e. The summed E-state index contributed by atoms with van der Waals surface area (Å²) in [4.78, 5) is 16.4. The van der Waals surface area contributed by atoms with Crippen LogP contribution in [0.1, 0.15) is 83.4 Å². The number of methoxy groups -OCH3 is 1. The van der Waals surface area contributed by atoms with Crippen molar-refractivity contribution in [2.75, 3.05) is 27.5 Å². The molecule has 180 valence electrons. The Morgan fingerprint density at radius 3 is 2.79 bits per heavy atom. The molecule has 3 atom stereocenters. The molecule has 0 N–H and O–H groups in total. The zero-order chi connectivity index (χ0) is 23.5. The third kappa shape index (κ3) is 3.58. The molecule has 0 unspecified atom stereocenters. The summed E-state index contributed by atoms with van der Waals surface area (Å²) >= 11 is 0. The number of Topliss-reactive ketones (excluding diaryl/α,β-unsaturated/α-hetero) is 1. The highest BCUT2D eigenvalue weighted by molar-refractivity contribution is 5.86. The summed E-state index contributed by atoms with van der Waals surface area (Å²) in [6.07, 6.45) is 7.13. The van der Waals surface area contributed by atoms with E-state index in [1.807, 2.05) is 0 Å². The molecule has 0 bridgehead atoms. The summed E-state index contributed by atoms with van der Waals surface area (Å²) in [5.41, 5.74) is 5.42. The van der Waals surface area contributed by atoms with Gasteiger partial charge in [0.2, 0.25) is 12.5 Å². The van der Waals surface area contributed by atoms with Gasteiger partial charge >= 0.3 is 0 Å². The first-order valence-electron chi connectivity index (χ1n) is 12.6. The van der Waals surface area contributed by atoms with Gasteiger partial charge in [0, 0.05) is 30.0 Å². The van der Waals surface area contributed by atoms with Crippen LogP contribution in [-0.2, 0) is 11.2 Å². The molecule has 0 radical (unpaired) electrons. The number of ether oxygens (including phenoxy) is 3. The fourth-order valence-electron chi connectivity index (χ4n) is 6.82. The molecule has 0 fully saturated rings. The Bertz CT molecular complexity index is 1010. The smallest absolute Gasteiger partial charge is 0.231 e. The van der Waals surface area contributed by atoms with Gasteiger partial charge in [-0.05, 0) is 68.5 Å². The van der Waals surface area contributed by atoms with Gasteiger partial charge in [-0.2, -0.15) is 0 Å². The number of fused-ring (bicyclic) bond motifs is 2. The van der Waals surface area contributed by atoms with Crippen LogP contribution in [0, 0.1) is 16.7 Å². The molecule has 1 aromatic carbocycles. The predicted molar refractivity (Wildman–Crippen MR) is 129 cm³/mol. The van der Waals surface area contributed by atoms with Crippen molar-refractivity contribution in [3.63, 3.8) is 0 Å². The van der Waals surface area contributed by atoms with Gasteiger partial charge in [-0.1, -0.05) is 38.8 Å². The highest BCUT2D eigenvalue weighted by Gasteiger charge is 2.48. The Labute approximate surface area is 198 Å². The van der Waals surface area contributed by atoms with Crippen molar-refractivity contribution in [3.05, 3.63) is 28.3 Å². The van der Waals surface area contributed by atoms with Crippen molar-refractivity contribution < 1.29 is 19.0 Å². The summed E-state index contributed by atoms with van der Waals surface area (Å²) in [6.45, 7) is 10.4. The molecular formula is C28H39NO4. The molecule has 0 saturated heterocycles. The van der Waals surface area contributed by atoms with Gasteiger partial charge in [-0.3, -0.25) is 9.69 Å². The first-order chi connectivity index (χ1) is 15.7. The minimum atomic E-state index is -0.324. The second-order valence-corrected chi connectivity index (χ2v) is 11.6. The Kier molecular flexibility index (Phi) is 5.55. The molecule has 2 aliphatic heterocycles. The van der Waals surface area contributed by atoms with E-state index in [-0.39, 0.29) is 23.7 Å². The van der Waals surface area contributed by atoms with E-state index in [0.717, 1.165) is 42.9 Å². The van der Waals surface area contributed by atoms with E-state index in [0.29, 0.717) is 23.9 Å². The van der Waals surface area contributed by atoms with Crippen molar-refractivity contribution in [3.8, 4) is 17.2 Å². The van der Waals surface area contributed by atoms with Crippen molar-refractivity contribution in [2.24, 2.45) is 16.7 Å². The quantitative estimate of drug-likeness (QED) is 0.535. The minimum absolute atomic E-state index is 0.00975. The molecule has 2 aliphatic carbocycles. The molecule has 2 heterocycles. The molecule has 1 aromatic rings. The SMILES string of the molecule is COc1c2c(cc3c1[C@@H](CC(=O)[C@@]1(C)CC4=C(CCCC4(C)C)C[C@H]1C)N(C)CC3)OCO2. The van der Waals surface area contributed by atoms with Gasteiger partial charge in [-0.25, -0.2) is 0 Å². The van der Waals surface area contributed by atoms with Crippen LogP contribution in [0.2, 0.25) is 0 Å². The zero-order valence-electron chi connectivity index (χ0n) is 21.2. The largest absolute Gasteiger partial charge is 0.492 e. The van der Waals surface area contributed by atoms with Gasteiger partial charge in [0.05, 0.1) is 7.11 Å². The topological polar surface area (TPSA) is 48.0 Å². The number of ketones is 1. The summed E-state index contributed by atoms with van der Waals surface area (Å²) in [7, 11) is 3.82. The molecule has 5 rings (SSSR count). The maximum absolute atomic E-state index is 14.1. The summed E-state index contributed by atoms with van der Waals surface area (Å²) in [5, 5.41) is 0. The second kappa shape index (κ2) is 8.04. The van der Waals surface area contributed by atoms with E-state index < -0.39 is 0 Å². The highest BCUT2D eigenvalue weighted by Crippen LogP contribution is 2.56. The monoisotopic (exact) mass is 453 g/mol. The molecule has 33 heavy (non-hydrogen) atoms. The number of benzene rings is 1. The average molecular weight is 454 g/mol. The Morgan fingerprint density at radius 1 is 1.24 bits per heavy atom. The number of rotatable bonds is 4. The number of carbonyl (C=O) groups excluding carboxylic acids is 1. The third-order valence-electron chi connectivity index (χ3n) is 9.27. The molecular weight excluding hydrogens is 414 g/mol. The number of nitrogens with zero attached hydrogens (tertiary/aromatic N) is 1. The van der Waals surface area contributed by atoms with E-state index >= 15 is 0 Å². The van der Waals surface area contributed by atoms with Gasteiger partial charge in [0.15, 0.2) is 11.5 Å². The predicted octanol–water partition coefficient (Wildman–Crippen LogP) is 5.86. The highest BCUT2D eigenvalue weighted by atomic mass is 16.7. The van der Waals surface area contributed by atoms with Crippen molar-refractivity contribution >= 4 is 5.78 Å². The van der Waals surface area contributed by atoms with Crippen LogP contribution >= 0.6 is 0 Å². The van der Waals surface area contributed by atoms with Crippen LogP contribution in [-0.4, -0.2) is 38.2 Å². The Balaban J connectivity index is 1.48. The van der Waals surface area contributed by atoms with Crippen LogP contribution in [0.15, 0.2) is 17.2 Å². The molecule has 0 saturated carbocycles. The number of hydrogen-bond acceptors (Lipinski definition) is 5. The molecule has 5 nitrogen and oxygen atoms in total. The summed E-state index contributed by atoms with van der Waals surface area (Å²) < 4.78 is 17.3. The van der Waals surface area contributed by atoms with E-state index in [1.165, 1.54) is 24.8 Å². The van der Waals surface area contributed by atoms with E-state index in [4.69, 9.17) is 14.2 Å². The first kappa shape index (κ1) is 22.8. The maximum Gasteiger partial charge on any atom is 0.231 e. The van der Waals surface area contributed by atoms with E-state index in [1.54, 1.807) is 18.3 Å². The Morgan fingerprint density at radius 2 is 2.03 bits per heavy atom. The molecule has 4 aliphatic rings. The second-order valence-electron chi connectivity index (χ2n) is 11.6. The van der Waals surface area contributed by atoms with Crippen molar-refractivity contribution in [1.82, 2.24) is 4.90 Å². The molecule has 0 aromatic heterocycles. The number of carbonyl (C=O) groups is 1. The number of allylic oxidation sites excluding steroid dienone is 2. The molecule has 5 heteroatoms. The molecule has 0 spiro atoms. The summed E-state index contributed by atoms with van der Waals surface area (Å²) in [5.74, 6) is 2.92. The van der Waals surface area contributed by atoms with Crippen LogP contribution in [0.3, 0.4) is 0 Å². The van der Waals surface area contributed by atoms with Gasteiger partial charge < -0.3 is 14.2 Å². The lowest BCUT2D eigenvalue weighted by Crippen LogP contribution is -2.43. The lowest BCUT2D eigenvalue weighted by Gasteiger charge is -2.48. The van der Waals surface area contributed by atoms with Crippen LogP contribution in [0.4, 0.5) is 0 Å². The van der Waals surface area contributed by atoms with Crippen LogP contribution in [0.5, 0.6) is 17.2 Å². The van der Waals surface area contributed by atoms with Crippen molar-refractivity contribution in [2.45, 2.75) is 78.7 Å². The van der Waals surface area contributed by atoms with Gasteiger partial charge in [-0.15, -0.1) is 0 Å². The average Bonchev–Trinajstić information content (AvgIpc) is 3.23. The standard InChI is InChI=1S/C28H39NO4/c1-17-12-18-8-7-10-27(2,3)20(18)15-28(17,4)23(30)14-21-24-19(9-11-29(21)5)13-22-25(26(24)31-6)33-16-32-22/h13,17,21H,7-12,14-16H2,1-6H3/t17-,21-,28+/m1/s1. The van der Waals surface area contributed by atoms with Crippen LogP contribution in [0.25, 0.3) is 0 Å².